The summed E-state index contributed by atoms with van der Waals surface area (Å²) in [6.07, 6.45) is 6.75. The molecule has 34 heavy (non-hydrogen) atoms. The molecule has 0 aliphatic heterocycles. The first-order chi connectivity index (χ1) is 16.7. The van der Waals surface area contributed by atoms with Crippen molar-refractivity contribution >= 4 is 5.69 Å². The summed E-state index contributed by atoms with van der Waals surface area (Å²) in [6.45, 7) is 13.0. The first-order valence-electron chi connectivity index (χ1n) is 13.4. The number of hydrogen-bond acceptors (Lipinski definition) is 2. The molecule has 0 atom stereocenters. The Kier molecular flexibility index (Phi) is 10.7. The van der Waals surface area contributed by atoms with E-state index >= 15 is 0 Å². The van der Waals surface area contributed by atoms with E-state index in [1.807, 2.05) is 0 Å². The SMILES string of the molecule is CCNCCc1ccc(CN(CC)c2cc(CC)ccc2CCCc2ccccc2CC)cc1. The van der Waals surface area contributed by atoms with Crippen molar-refractivity contribution in [2.75, 3.05) is 24.5 Å². The lowest BCUT2D eigenvalue weighted by Gasteiger charge is -2.27. The molecule has 0 saturated heterocycles. The quantitative estimate of drug-likeness (QED) is 0.259. The highest BCUT2D eigenvalue weighted by Gasteiger charge is 2.12. The van der Waals surface area contributed by atoms with Gasteiger partial charge in [0, 0.05) is 18.8 Å². The lowest BCUT2D eigenvalue weighted by molar-refractivity contribution is 0.716. The molecule has 182 valence electrons. The Bertz CT molecular complexity index is 990. The molecule has 0 aliphatic carbocycles. The molecule has 2 nitrogen and oxygen atoms in total. The first-order valence-corrected chi connectivity index (χ1v) is 13.4. The van der Waals surface area contributed by atoms with Gasteiger partial charge in [0.1, 0.15) is 0 Å². The molecule has 3 rings (SSSR count). The van der Waals surface area contributed by atoms with E-state index in [4.69, 9.17) is 0 Å². The van der Waals surface area contributed by atoms with Crippen molar-refractivity contribution in [1.29, 1.82) is 0 Å². The zero-order chi connectivity index (χ0) is 24.2. The molecule has 0 spiro atoms. The molecule has 3 aromatic rings. The topological polar surface area (TPSA) is 15.3 Å². The van der Waals surface area contributed by atoms with Crippen LogP contribution in [-0.2, 0) is 38.6 Å². The van der Waals surface area contributed by atoms with Gasteiger partial charge in [0.25, 0.3) is 0 Å². The third kappa shape index (κ3) is 7.46. The molecule has 0 fully saturated rings. The van der Waals surface area contributed by atoms with Crippen molar-refractivity contribution in [1.82, 2.24) is 5.32 Å². The fraction of sp³-hybridized carbons (Fsp3) is 0.438. The average Bonchev–Trinajstić information content (AvgIpc) is 2.88. The minimum Gasteiger partial charge on any atom is -0.367 e. The Morgan fingerprint density at radius 3 is 2.00 bits per heavy atom. The van der Waals surface area contributed by atoms with Crippen molar-refractivity contribution in [2.45, 2.75) is 72.8 Å². The van der Waals surface area contributed by atoms with Gasteiger partial charge in [0.15, 0.2) is 0 Å². The second-order valence-corrected chi connectivity index (χ2v) is 9.23. The normalized spacial score (nSPS) is 11.1. The molecule has 0 unspecified atom stereocenters. The lowest BCUT2D eigenvalue weighted by Crippen LogP contribution is -2.23. The third-order valence-electron chi connectivity index (χ3n) is 6.91. The van der Waals surface area contributed by atoms with Gasteiger partial charge in [0.2, 0.25) is 0 Å². The van der Waals surface area contributed by atoms with Gasteiger partial charge >= 0.3 is 0 Å². The van der Waals surface area contributed by atoms with Crippen LogP contribution < -0.4 is 10.2 Å². The standard InChI is InChI=1S/C32H44N2/c1-5-26-20-21-31(15-11-14-30-13-10-9-12-29(30)6-2)32(24-26)34(8-4)25-28-18-16-27(17-19-28)22-23-33-7-3/h9-10,12-13,16-21,24,33H,5-8,11,14-15,22-23,25H2,1-4H3. The molecular weight excluding hydrogens is 412 g/mol. The molecule has 0 heterocycles. The molecule has 1 N–H and O–H groups in total. The van der Waals surface area contributed by atoms with Crippen LogP contribution in [0, 0.1) is 0 Å². The summed E-state index contributed by atoms with van der Waals surface area (Å²) >= 11 is 0. The van der Waals surface area contributed by atoms with E-state index in [9.17, 15) is 0 Å². The summed E-state index contributed by atoms with van der Waals surface area (Å²) in [5.41, 5.74) is 10.1. The predicted molar refractivity (Wildman–Crippen MR) is 149 cm³/mol. The van der Waals surface area contributed by atoms with Crippen LogP contribution in [0.1, 0.15) is 67.5 Å². The van der Waals surface area contributed by atoms with Gasteiger partial charge in [-0.25, -0.2) is 0 Å². The van der Waals surface area contributed by atoms with Crippen molar-refractivity contribution in [3.63, 3.8) is 0 Å². The molecule has 0 aromatic heterocycles. The molecular formula is C32H44N2. The fourth-order valence-electron chi connectivity index (χ4n) is 4.76. The molecule has 0 amide bonds. The maximum atomic E-state index is 3.42. The lowest BCUT2D eigenvalue weighted by atomic mass is 9.96. The predicted octanol–water partition coefficient (Wildman–Crippen LogP) is 7.17. The Labute approximate surface area is 208 Å². The van der Waals surface area contributed by atoms with E-state index in [-0.39, 0.29) is 0 Å². The summed E-state index contributed by atoms with van der Waals surface area (Å²) in [4.78, 5) is 2.56. The van der Waals surface area contributed by atoms with Gasteiger partial charge in [-0.15, -0.1) is 0 Å². The monoisotopic (exact) mass is 456 g/mol. The second-order valence-electron chi connectivity index (χ2n) is 9.23. The Balaban J connectivity index is 1.71. The van der Waals surface area contributed by atoms with Crippen molar-refractivity contribution in [3.05, 3.63) is 100 Å². The summed E-state index contributed by atoms with van der Waals surface area (Å²) in [5, 5.41) is 3.42. The third-order valence-corrected chi connectivity index (χ3v) is 6.91. The summed E-state index contributed by atoms with van der Waals surface area (Å²) < 4.78 is 0. The average molecular weight is 457 g/mol. The van der Waals surface area contributed by atoms with Crippen molar-refractivity contribution < 1.29 is 0 Å². The van der Waals surface area contributed by atoms with Crippen LogP contribution in [-0.4, -0.2) is 19.6 Å². The second kappa shape index (κ2) is 14.0. The zero-order valence-electron chi connectivity index (χ0n) is 21.9. The van der Waals surface area contributed by atoms with E-state index in [0.29, 0.717) is 0 Å². The smallest absolute Gasteiger partial charge is 0.0429 e. The number of nitrogens with zero attached hydrogens (tertiary/aromatic N) is 1. The molecule has 0 radical (unpaired) electrons. The van der Waals surface area contributed by atoms with Crippen molar-refractivity contribution in [2.24, 2.45) is 0 Å². The van der Waals surface area contributed by atoms with Crippen LogP contribution in [0.15, 0.2) is 66.7 Å². The molecule has 0 saturated carbocycles. The highest BCUT2D eigenvalue weighted by Crippen LogP contribution is 2.27. The Hall–Kier alpha value is -2.58. The molecule has 0 aliphatic rings. The summed E-state index contributed by atoms with van der Waals surface area (Å²) in [7, 11) is 0. The largest absolute Gasteiger partial charge is 0.367 e. The van der Waals surface area contributed by atoms with E-state index in [1.54, 1.807) is 0 Å². The maximum Gasteiger partial charge on any atom is 0.0429 e. The number of hydrogen-bond donors (Lipinski definition) is 1. The number of likely N-dealkylation sites (N-methyl/N-ethyl adjacent to an activating group) is 1. The van der Waals surface area contributed by atoms with Crippen LogP contribution in [0.5, 0.6) is 0 Å². The van der Waals surface area contributed by atoms with Gasteiger partial charge < -0.3 is 10.2 Å². The minimum absolute atomic E-state index is 0.961. The summed E-state index contributed by atoms with van der Waals surface area (Å²) in [5.74, 6) is 0. The maximum absolute atomic E-state index is 3.42. The molecule has 0 bridgehead atoms. The Morgan fingerprint density at radius 2 is 1.32 bits per heavy atom. The van der Waals surface area contributed by atoms with Gasteiger partial charge in [-0.05, 0) is 98.0 Å². The highest BCUT2D eigenvalue weighted by atomic mass is 15.1. The highest BCUT2D eigenvalue weighted by molar-refractivity contribution is 5.56. The zero-order valence-corrected chi connectivity index (χ0v) is 21.9. The van der Waals surface area contributed by atoms with Crippen LogP contribution in [0.25, 0.3) is 0 Å². The van der Waals surface area contributed by atoms with Crippen LogP contribution in [0.4, 0.5) is 5.69 Å². The molecule has 2 heteroatoms. The van der Waals surface area contributed by atoms with Crippen molar-refractivity contribution in [3.8, 4) is 0 Å². The number of nitrogens with one attached hydrogen (secondary N) is 1. The number of benzene rings is 3. The molecule has 3 aromatic carbocycles. The number of anilines is 1. The van der Waals surface area contributed by atoms with E-state index < -0.39 is 0 Å². The van der Waals surface area contributed by atoms with Crippen LogP contribution >= 0.6 is 0 Å². The minimum atomic E-state index is 0.961. The Morgan fingerprint density at radius 1 is 0.647 bits per heavy atom. The van der Waals surface area contributed by atoms with Gasteiger partial charge in [-0.1, -0.05) is 81.4 Å². The van der Waals surface area contributed by atoms with Gasteiger partial charge in [-0.2, -0.15) is 0 Å². The number of rotatable bonds is 14. The summed E-state index contributed by atoms with van der Waals surface area (Å²) in [6, 6.07) is 25.3. The van der Waals surface area contributed by atoms with E-state index in [0.717, 1.165) is 58.3 Å². The first kappa shape index (κ1) is 26.0. The number of aryl methyl sites for hydroxylation is 4. The fourth-order valence-corrected chi connectivity index (χ4v) is 4.76. The van der Waals surface area contributed by atoms with Gasteiger partial charge in [0.05, 0.1) is 0 Å². The van der Waals surface area contributed by atoms with E-state index in [1.165, 1.54) is 45.5 Å². The van der Waals surface area contributed by atoms with Gasteiger partial charge in [-0.3, -0.25) is 0 Å². The van der Waals surface area contributed by atoms with Crippen LogP contribution in [0.3, 0.4) is 0 Å². The van der Waals surface area contributed by atoms with Crippen LogP contribution in [0.2, 0.25) is 0 Å². The van der Waals surface area contributed by atoms with E-state index in [2.05, 4.69) is 105 Å².